The van der Waals surface area contributed by atoms with Crippen molar-refractivity contribution in [1.29, 1.82) is 0 Å². The van der Waals surface area contributed by atoms with Crippen LogP contribution < -0.4 is 10.1 Å². The van der Waals surface area contributed by atoms with Crippen molar-refractivity contribution in [3.8, 4) is 5.75 Å². The van der Waals surface area contributed by atoms with Crippen LogP contribution in [0.5, 0.6) is 5.75 Å². The topological polar surface area (TPSA) is 34.2 Å². The molecular formula is C14H14BrFN2O. The van der Waals surface area contributed by atoms with Crippen molar-refractivity contribution in [3.05, 3.63) is 52.4 Å². The maximum absolute atomic E-state index is 13.5. The number of pyridine rings is 1. The molecule has 0 atom stereocenters. The SMILES string of the molecule is CCNc1ncccc1COc1cc(Br)ccc1F. The van der Waals surface area contributed by atoms with Gasteiger partial charge in [0.2, 0.25) is 0 Å². The van der Waals surface area contributed by atoms with E-state index in [9.17, 15) is 4.39 Å². The van der Waals surface area contributed by atoms with Gasteiger partial charge in [0, 0.05) is 22.8 Å². The fourth-order valence-electron chi connectivity index (χ4n) is 1.63. The predicted octanol–water partition coefficient (Wildman–Crippen LogP) is 3.99. The van der Waals surface area contributed by atoms with Gasteiger partial charge in [-0.2, -0.15) is 0 Å². The van der Waals surface area contributed by atoms with E-state index in [0.717, 1.165) is 22.4 Å². The number of hydrogen-bond donors (Lipinski definition) is 1. The molecule has 0 amide bonds. The summed E-state index contributed by atoms with van der Waals surface area (Å²) in [5.41, 5.74) is 0.892. The third-order valence-corrected chi connectivity index (χ3v) is 3.01. The van der Waals surface area contributed by atoms with Crippen molar-refractivity contribution in [2.45, 2.75) is 13.5 Å². The molecule has 0 radical (unpaired) electrons. The van der Waals surface area contributed by atoms with Crippen molar-refractivity contribution >= 4 is 21.7 Å². The first-order valence-corrected chi connectivity index (χ1v) is 6.75. The Balaban J connectivity index is 2.12. The standard InChI is InChI=1S/C14H14BrFN2O/c1-2-17-14-10(4-3-7-18-14)9-19-13-8-11(15)5-6-12(13)16/h3-8H,2,9H2,1H3,(H,17,18). The number of halogens is 2. The second kappa shape index (κ2) is 6.52. The second-order valence-electron chi connectivity index (χ2n) is 3.90. The van der Waals surface area contributed by atoms with Crippen LogP contribution in [0.1, 0.15) is 12.5 Å². The van der Waals surface area contributed by atoms with Crippen LogP contribution in [0.2, 0.25) is 0 Å². The van der Waals surface area contributed by atoms with E-state index < -0.39 is 0 Å². The van der Waals surface area contributed by atoms with Gasteiger partial charge in [0.25, 0.3) is 0 Å². The molecule has 2 aromatic rings. The lowest BCUT2D eigenvalue weighted by Crippen LogP contribution is -2.06. The summed E-state index contributed by atoms with van der Waals surface area (Å²) in [6.45, 7) is 3.03. The zero-order valence-electron chi connectivity index (χ0n) is 10.5. The summed E-state index contributed by atoms with van der Waals surface area (Å²) >= 11 is 3.29. The van der Waals surface area contributed by atoms with Crippen LogP contribution in [0, 0.1) is 5.82 Å². The Morgan fingerprint density at radius 1 is 1.37 bits per heavy atom. The molecule has 0 spiro atoms. The van der Waals surface area contributed by atoms with Gasteiger partial charge in [-0.1, -0.05) is 22.0 Å². The highest BCUT2D eigenvalue weighted by Crippen LogP contribution is 2.24. The Kier molecular flexibility index (Phi) is 4.74. The zero-order chi connectivity index (χ0) is 13.7. The summed E-state index contributed by atoms with van der Waals surface area (Å²) < 4.78 is 19.8. The van der Waals surface area contributed by atoms with Crippen molar-refractivity contribution < 1.29 is 9.13 Å². The quantitative estimate of drug-likeness (QED) is 0.902. The molecule has 0 fully saturated rings. The molecule has 1 heterocycles. The van der Waals surface area contributed by atoms with E-state index >= 15 is 0 Å². The van der Waals surface area contributed by atoms with Crippen molar-refractivity contribution in [2.24, 2.45) is 0 Å². The Morgan fingerprint density at radius 2 is 2.21 bits per heavy atom. The lowest BCUT2D eigenvalue weighted by atomic mass is 10.2. The van der Waals surface area contributed by atoms with E-state index in [0.29, 0.717) is 0 Å². The highest BCUT2D eigenvalue weighted by Gasteiger charge is 2.07. The molecule has 19 heavy (non-hydrogen) atoms. The minimum Gasteiger partial charge on any atom is -0.486 e. The van der Waals surface area contributed by atoms with E-state index in [2.05, 4.69) is 26.2 Å². The first-order chi connectivity index (χ1) is 9.20. The number of anilines is 1. The Hall–Kier alpha value is -1.62. The van der Waals surface area contributed by atoms with Crippen LogP contribution in [0.15, 0.2) is 41.0 Å². The molecule has 0 unspecified atom stereocenters. The summed E-state index contributed by atoms with van der Waals surface area (Å²) in [4.78, 5) is 4.23. The van der Waals surface area contributed by atoms with Crippen molar-refractivity contribution in [3.63, 3.8) is 0 Å². The Bertz CT molecular complexity index is 563. The molecule has 0 aliphatic carbocycles. The molecule has 1 aromatic heterocycles. The number of nitrogens with one attached hydrogen (secondary N) is 1. The van der Waals surface area contributed by atoms with Crippen LogP contribution in [0.25, 0.3) is 0 Å². The largest absolute Gasteiger partial charge is 0.486 e. The van der Waals surface area contributed by atoms with E-state index in [1.165, 1.54) is 6.07 Å². The van der Waals surface area contributed by atoms with Crippen LogP contribution in [-0.4, -0.2) is 11.5 Å². The normalized spacial score (nSPS) is 10.3. The van der Waals surface area contributed by atoms with Gasteiger partial charge in [0.15, 0.2) is 11.6 Å². The molecule has 100 valence electrons. The van der Waals surface area contributed by atoms with Crippen LogP contribution in [0.3, 0.4) is 0 Å². The lowest BCUT2D eigenvalue weighted by Gasteiger charge is -2.11. The summed E-state index contributed by atoms with van der Waals surface area (Å²) in [5.74, 6) is 0.609. The third kappa shape index (κ3) is 3.67. The van der Waals surface area contributed by atoms with Gasteiger partial charge in [0.1, 0.15) is 12.4 Å². The van der Waals surface area contributed by atoms with Gasteiger partial charge in [-0.15, -0.1) is 0 Å². The average molecular weight is 325 g/mol. The van der Waals surface area contributed by atoms with Crippen LogP contribution in [0.4, 0.5) is 10.2 Å². The molecule has 0 aliphatic rings. The number of rotatable bonds is 5. The fourth-order valence-corrected chi connectivity index (χ4v) is 1.97. The van der Waals surface area contributed by atoms with Gasteiger partial charge in [-0.25, -0.2) is 9.37 Å². The third-order valence-electron chi connectivity index (χ3n) is 2.51. The van der Waals surface area contributed by atoms with Gasteiger partial charge >= 0.3 is 0 Å². The minimum atomic E-state index is -0.378. The zero-order valence-corrected chi connectivity index (χ0v) is 12.1. The second-order valence-corrected chi connectivity index (χ2v) is 4.82. The lowest BCUT2D eigenvalue weighted by molar-refractivity contribution is 0.290. The van der Waals surface area contributed by atoms with Crippen LogP contribution in [-0.2, 0) is 6.61 Å². The minimum absolute atomic E-state index is 0.223. The number of nitrogens with zero attached hydrogens (tertiary/aromatic N) is 1. The smallest absolute Gasteiger partial charge is 0.165 e. The number of aromatic nitrogens is 1. The maximum Gasteiger partial charge on any atom is 0.165 e. The average Bonchev–Trinajstić information content (AvgIpc) is 2.42. The van der Waals surface area contributed by atoms with Crippen LogP contribution >= 0.6 is 15.9 Å². The number of hydrogen-bond acceptors (Lipinski definition) is 3. The molecule has 5 heteroatoms. The summed E-state index contributed by atoms with van der Waals surface area (Å²) in [7, 11) is 0. The Morgan fingerprint density at radius 3 is 3.00 bits per heavy atom. The highest BCUT2D eigenvalue weighted by molar-refractivity contribution is 9.10. The molecule has 0 saturated heterocycles. The predicted molar refractivity (Wildman–Crippen MR) is 76.8 cm³/mol. The monoisotopic (exact) mass is 324 g/mol. The highest BCUT2D eigenvalue weighted by atomic mass is 79.9. The van der Waals surface area contributed by atoms with Gasteiger partial charge in [-0.3, -0.25) is 0 Å². The molecule has 1 aromatic carbocycles. The van der Waals surface area contributed by atoms with E-state index in [1.54, 1.807) is 18.3 Å². The molecular weight excluding hydrogens is 311 g/mol. The van der Waals surface area contributed by atoms with E-state index in [1.807, 2.05) is 19.1 Å². The van der Waals surface area contributed by atoms with Gasteiger partial charge < -0.3 is 10.1 Å². The van der Waals surface area contributed by atoms with Gasteiger partial charge in [-0.05, 0) is 31.2 Å². The summed E-state index contributed by atoms with van der Waals surface area (Å²) in [6, 6.07) is 8.35. The summed E-state index contributed by atoms with van der Waals surface area (Å²) in [6.07, 6.45) is 1.71. The van der Waals surface area contributed by atoms with E-state index in [4.69, 9.17) is 4.74 Å². The molecule has 0 bridgehead atoms. The fraction of sp³-hybridized carbons (Fsp3) is 0.214. The number of benzene rings is 1. The maximum atomic E-state index is 13.5. The van der Waals surface area contributed by atoms with Crippen molar-refractivity contribution in [1.82, 2.24) is 4.98 Å². The molecule has 1 N–H and O–H groups in total. The molecule has 0 saturated carbocycles. The first kappa shape index (κ1) is 13.8. The molecule has 3 nitrogen and oxygen atoms in total. The molecule has 2 rings (SSSR count). The number of ether oxygens (including phenoxy) is 1. The van der Waals surface area contributed by atoms with E-state index in [-0.39, 0.29) is 18.2 Å². The molecule has 0 aliphatic heterocycles. The first-order valence-electron chi connectivity index (χ1n) is 5.96. The van der Waals surface area contributed by atoms with Gasteiger partial charge in [0.05, 0.1) is 0 Å². The Labute approximate surface area is 119 Å². The summed E-state index contributed by atoms with van der Waals surface area (Å²) in [5, 5.41) is 3.14. The van der Waals surface area contributed by atoms with Crippen molar-refractivity contribution in [2.75, 3.05) is 11.9 Å².